The number of hydrogen-bond acceptors (Lipinski definition) is 6. The van der Waals surface area contributed by atoms with Crippen molar-refractivity contribution in [2.24, 2.45) is 11.3 Å². The van der Waals surface area contributed by atoms with E-state index < -0.39 is 0 Å². The van der Waals surface area contributed by atoms with Gasteiger partial charge in [0.1, 0.15) is 11.6 Å². The van der Waals surface area contributed by atoms with Crippen LogP contribution in [-0.4, -0.2) is 19.9 Å². The van der Waals surface area contributed by atoms with Gasteiger partial charge in [-0.1, -0.05) is 91.5 Å². The first-order valence-corrected chi connectivity index (χ1v) is 19.8. The predicted octanol–water partition coefficient (Wildman–Crippen LogP) is 12.1. The molecule has 2 unspecified atom stereocenters. The van der Waals surface area contributed by atoms with Gasteiger partial charge >= 0.3 is 0 Å². The van der Waals surface area contributed by atoms with Gasteiger partial charge in [-0.05, 0) is 134 Å². The average molecular weight is 745 g/mol. The van der Waals surface area contributed by atoms with Crippen LogP contribution in [0.5, 0.6) is 0 Å². The van der Waals surface area contributed by atoms with Gasteiger partial charge in [0, 0.05) is 71.3 Å². The second-order valence-corrected chi connectivity index (χ2v) is 14.9. The van der Waals surface area contributed by atoms with Crippen molar-refractivity contribution in [1.29, 1.82) is 0 Å². The molecule has 0 radical (unpaired) electrons. The lowest BCUT2D eigenvalue weighted by atomic mass is 9.74. The fourth-order valence-electron chi connectivity index (χ4n) is 8.05. The van der Waals surface area contributed by atoms with Gasteiger partial charge < -0.3 is 0 Å². The first kappa shape index (κ1) is 37.3. The van der Waals surface area contributed by atoms with Crippen LogP contribution in [-0.2, 0) is 0 Å². The molecule has 2 atom stereocenters. The Morgan fingerprint density at radius 2 is 1.58 bits per heavy atom. The van der Waals surface area contributed by atoms with Gasteiger partial charge in [-0.25, -0.2) is 9.97 Å². The van der Waals surface area contributed by atoms with Crippen LogP contribution in [0.15, 0.2) is 217 Å². The first-order chi connectivity index (χ1) is 28.0. The van der Waals surface area contributed by atoms with Crippen LogP contribution >= 0.6 is 0 Å². The van der Waals surface area contributed by atoms with Crippen LogP contribution in [0.4, 0.5) is 11.6 Å². The molecule has 282 valence electrons. The highest BCUT2D eigenvalue weighted by atomic mass is 15.2. The molecule has 4 aliphatic rings. The number of anilines is 2. The zero-order chi connectivity index (χ0) is 39.0. The maximum absolute atomic E-state index is 4.80. The Morgan fingerprint density at radius 3 is 2.23 bits per heavy atom. The lowest BCUT2D eigenvalue weighted by Gasteiger charge is -2.34. The van der Waals surface area contributed by atoms with Crippen molar-refractivity contribution in [2.75, 3.05) is 9.80 Å². The molecule has 4 aliphatic carbocycles. The van der Waals surface area contributed by atoms with Crippen molar-refractivity contribution in [2.45, 2.75) is 46.0 Å². The summed E-state index contributed by atoms with van der Waals surface area (Å²) in [5.74, 6) is 2.16. The number of allylic oxidation sites excluding steroid dienone is 18. The van der Waals surface area contributed by atoms with E-state index in [2.05, 4.69) is 143 Å². The second-order valence-electron chi connectivity index (χ2n) is 14.9. The van der Waals surface area contributed by atoms with Gasteiger partial charge in [0.15, 0.2) is 0 Å². The first-order valence-electron chi connectivity index (χ1n) is 19.8. The Morgan fingerprint density at radius 1 is 0.825 bits per heavy atom. The zero-order valence-corrected chi connectivity index (χ0v) is 32.7. The molecule has 0 saturated carbocycles. The standard InChI is InChI=1S/C51H48N6/c1-4-38(40-23-31-52-32-24-40)36-45(5-2)56(49-13-6-8-29-54-49)47-21-27-51(3,28-22-47)44-18-15-43(35-44)39-16-19-46(20-17-39)57(50-14-7-9-30-55-50)48-12-10-11-42(37-48)41-25-33-53-34-26-41/h4-9,11,13-16,18-27,29-34,36-37,39H,1,10,12,17,28,35H2,2-3H3/b38-36+,45-5+. The number of aromatic nitrogens is 4. The van der Waals surface area contributed by atoms with E-state index in [0.717, 1.165) is 66.3 Å². The molecule has 6 nitrogen and oxygen atoms in total. The lowest BCUT2D eigenvalue weighted by Crippen LogP contribution is -2.26. The summed E-state index contributed by atoms with van der Waals surface area (Å²) in [6.07, 6.45) is 45.5. The van der Waals surface area contributed by atoms with Crippen molar-refractivity contribution >= 4 is 22.8 Å². The minimum atomic E-state index is -0.0879. The Bertz CT molecular complexity index is 2410. The van der Waals surface area contributed by atoms with E-state index in [4.69, 9.17) is 9.97 Å². The monoisotopic (exact) mass is 744 g/mol. The van der Waals surface area contributed by atoms with E-state index in [-0.39, 0.29) is 5.41 Å². The van der Waals surface area contributed by atoms with Crippen molar-refractivity contribution in [3.05, 3.63) is 228 Å². The minimum Gasteiger partial charge on any atom is -0.299 e. The normalized spacial score (nSPS) is 20.8. The van der Waals surface area contributed by atoms with Crippen LogP contribution in [0.1, 0.15) is 57.1 Å². The van der Waals surface area contributed by atoms with Crippen LogP contribution in [0, 0.1) is 11.3 Å². The number of hydrogen-bond donors (Lipinski definition) is 0. The fourth-order valence-corrected chi connectivity index (χ4v) is 8.05. The molecule has 8 rings (SSSR count). The SMILES string of the molecule is C=C/C(=C\C(=C/C)N(C1=CCC(C)(C2=CC=C(C3C=CC(N(C4=CC(c5ccncc5)=CCC4)c4ccccn4)=CC3)C2)C=C1)c1ccccn1)c1ccncc1. The molecule has 0 aromatic carbocycles. The largest absolute Gasteiger partial charge is 0.299 e. The van der Waals surface area contributed by atoms with Crippen molar-refractivity contribution in [1.82, 2.24) is 19.9 Å². The maximum Gasteiger partial charge on any atom is 0.137 e. The molecule has 0 fully saturated rings. The smallest absolute Gasteiger partial charge is 0.137 e. The highest BCUT2D eigenvalue weighted by Gasteiger charge is 2.32. The molecule has 57 heavy (non-hydrogen) atoms. The molecule has 4 aromatic rings. The minimum absolute atomic E-state index is 0.0879. The molecular weight excluding hydrogens is 697 g/mol. The summed E-state index contributed by atoms with van der Waals surface area (Å²) in [6.45, 7) is 8.56. The molecule has 4 aromatic heterocycles. The number of rotatable bonds is 12. The van der Waals surface area contributed by atoms with Gasteiger partial charge in [0.25, 0.3) is 0 Å². The van der Waals surface area contributed by atoms with Gasteiger partial charge in [-0.15, -0.1) is 0 Å². The Kier molecular flexibility index (Phi) is 11.1. The molecule has 0 amide bonds. The molecule has 0 aliphatic heterocycles. The van der Waals surface area contributed by atoms with Crippen LogP contribution in [0.2, 0.25) is 0 Å². The predicted molar refractivity (Wildman–Crippen MR) is 235 cm³/mol. The summed E-state index contributed by atoms with van der Waals surface area (Å²) in [6, 6.07) is 20.4. The maximum atomic E-state index is 4.80. The van der Waals surface area contributed by atoms with Gasteiger partial charge in [-0.2, -0.15) is 0 Å². The molecule has 0 bridgehead atoms. The van der Waals surface area contributed by atoms with Crippen LogP contribution < -0.4 is 9.80 Å². The van der Waals surface area contributed by atoms with E-state index in [1.807, 2.05) is 73.6 Å². The number of nitrogens with zero attached hydrogens (tertiary/aromatic N) is 6. The summed E-state index contributed by atoms with van der Waals surface area (Å²) < 4.78 is 0. The third-order valence-electron chi connectivity index (χ3n) is 11.3. The van der Waals surface area contributed by atoms with Crippen molar-refractivity contribution in [3.63, 3.8) is 0 Å². The molecular formula is C51H48N6. The Balaban J connectivity index is 0.971. The van der Waals surface area contributed by atoms with Crippen LogP contribution in [0.25, 0.3) is 11.1 Å². The Hall–Kier alpha value is -6.66. The summed E-state index contributed by atoms with van der Waals surface area (Å²) in [5, 5.41) is 0. The van der Waals surface area contributed by atoms with Crippen LogP contribution in [0.3, 0.4) is 0 Å². The van der Waals surface area contributed by atoms with Gasteiger partial charge in [0.05, 0.1) is 0 Å². The van der Waals surface area contributed by atoms with E-state index in [9.17, 15) is 0 Å². The average Bonchev–Trinajstić information content (AvgIpc) is 3.79. The van der Waals surface area contributed by atoms with E-state index in [1.54, 1.807) is 0 Å². The molecule has 0 spiro atoms. The van der Waals surface area contributed by atoms with Crippen molar-refractivity contribution < 1.29 is 0 Å². The van der Waals surface area contributed by atoms with Crippen molar-refractivity contribution in [3.8, 4) is 0 Å². The van der Waals surface area contributed by atoms with E-state index in [1.165, 1.54) is 33.7 Å². The lowest BCUT2D eigenvalue weighted by molar-refractivity contribution is 0.500. The Labute approximate surface area is 337 Å². The van der Waals surface area contributed by atoms with E-state index in [0.29, 0.717) is 5.92 Å². The molecule has 0 saturated heterocycles. The molecule has 6 heteroatoms. The fraction of sp³-hybridized carbons (Fsp3) is 0.176. The summed E-state index contributed by atoms with van der Waals surface area (Å²) in [7, 11) is 0. The summed E-state index contributed by atoms with van der Waals surface area (Å²) in [4.78, 5) is 22.6. The highest BCUT2D eigenvalue weighted by Crippen LogP contribution is 2.46. The quantitative estimate of drug-likeness (QED) is 0.135. The highest BCUT2D eigenvalue weighted by molar-refractivity contribution is 5.78. The topological polar surface area (TPSA) is 58.0 Å². The summed E-state index contributed by atoms with van der Waals surface area (Å²) in [5.41, 5.74) is 11.9. The zero-order valence-electron chi connectivity index (χ0n) is 32.7. The summed E-state index contributed by atoms with van der Waals surface area (Å²) >= 11 is 0. The van der Waals surface area contributed by atoms with Gasteiger partial charge in [-0.3, -0.25) is 19.8 Å². The second kappa shape index (κ2) is 17.0. The van der Waals surface area contributed by atoms with Gasteiger partial charge in [0.2, 0.25) is 0 Å². The molecule has 0 N–H and O–H groups in total. The third-order valence-corrected chi connectivity index (χ3v) is 11.3. The number of pyridine rings is 4. The third kappa shape index (κ3) is 8.17. The molecule has 4 heterocycles. The van der Waals surface area contributed by atoms with E-state index >= 15 is 0 Å².